The van der Waals surface area contributed by atoms with Gasteiger partial charge in [0.15, 0.2) is 6.61 Å². The van der Waals surface area contributed by atoms with Crippen LogP contribution in [-0.4, -0.2) is 62.6 Å². The molecule has 1 aliphatic heterocycles. The Labute approximate surface area is 148 Å². The highest BCUT2D eigenvalue weighted by Gasteiger charge is 2.38. The number of carboxylic acid groups (broad SMARTS) is 1. The minimum atomic E-state index is -5.08. The van der Waals surface area contributed by atoms with E-state index in [9.17, 15) is 18.0 Å². The van der Waals surface area contributed by atoms with Gasteiger partial charge in [0.05, 0.1) is 6.61 Å². The monoisotopic (exact) mass is 378 g/mol. The van der Waals surface area contributed by atoms with Gasteiger partial charge in [-0.1, -0.05) is 6.07 Å². The lowest BCUT2D eigenvalue weighted by atomic mass is 10.2. The molecule has 1 heterocycles. The van der Waals surface area contributed by atoms with E-state index in [-0.39, 0.29) is 12.6 Å². The summed E-state index contributed by atoms with van der Waals surface area (Å²) in [5.74, 6) is -2.40. The quantitative estimate of drug-likeness (QED) is 0.754. The number of nitrogens with zero attached hydrogens (tertiary/aromatic N) is 1. The zero-order valence-electron chi connectivity index (χ0n) is 14.2. The molecule has 0 saturated carbocycles. The summed E-state index contributed by atoms with van der Waals surface area (Å²) in [7, 11) is 0. The topological polar surface area (TPSA) is 88.1 Å². The molecule has 0 atom stereocenters. The molecule has 0 aliphatic carbocycles. The van der Waals surface area contributed by atoms with Crippen molar-refractivity contribution >= 4 is 17.6 Å². The van der Waals surface area contributed by atoms with Crippen LogP contribution >= 0.6 is 0 Å². The molecular formula is C16H21F3N2O5. The molecule has 2 rings (SSSR count). The molecule has 0 amide bonds. The van der Waals surface area contributed by atoms with E-state index in [4.69, 9.17) is 19.4 Å². The average molecular weight is 378 g/mol. The molecule has 1 saturated heterocycles. The standard InChI is InChI=1S/C14H20N2O3.C2HF3O2/c1-2-18-14(17)11-19-13-5-3-4-12(10-13)16-8-6-15-7-9-16;3-2(4,5)1(6)7/h3-5,10,15H,2,6-9,11H2,1H3;(H,6,7). The van der Waals surface area contributed by atoms with E-state index in [0.29, 0.717) is 12.4 Å². The van der Waals surface area contributed by atoms with Crippen molar-refractivity contribution in [3.05, 3.63) is 24.3 Å². The number of halogens is 3. The van der Waals surface area contributed by atoms with Gasteiger partial charge in [0.25, 0.3) is 0 Å². The molecule has 0 bridgehead atoms. The molecule has 1 aromatic carbocycles. The largest absolute Gasteiger partial charge is 0.490 e. The van der Waals surface area contributed by atoms with Gasteiger partial charge < -0.3 is 24.8 Å². The summed E-state index contributed by atoms with van der Waals surface area (Å²) >= 11 is 0. The van der Waals surface area contributed by atoms with E-state index >= 15 is 0 Å². The van der Waals surface area contributed by atoms with Crippen molar-refractivity contribution in [3.8, 4) is 5.75 Å². The molecule has 0 unspecified atom stereocenters. The van der Waals surface area contributed by atoms with Crippen LogP contribution in [0.3, 0.4) is 0 Å². The van der Waals surface area contributed by atoms with Gasteiger partial charge in [-0.2, -0.15) is 13.2 Å². The summed E-state index contributed by atoms with van der Waals surface area (Å²) in [5.41, 5.74) is 1.13. The van der Waals surface area contributed by atoms with Crippen molar-refractivity contribution in [2.45, 2.75) is 13.1 Å². The first-order chi connectivity index (χ1) is 12.2. The van der Waals surface area contributed by atoms with Gasteiger partial charge in [-0.25, -0.2) is 9.59 Å². The number of carboxylic acids is 1. The molecule has 2 N–H and O–H groups in total. The zero-order chi connectivity index (χ0) is 19.6. The minimum absolute atomic E-state index is 0.0428. The Morgan fingerprint density at radius 1 is 1.27 bits per heavy atom. The Hall–Kier alpha value is -2.49. The fraction of sp³-hybridized carbons (Fsp3) is 0.500. The molecule has 0 aromatic heterocycles. The number of rotatable bonds is 5. The Kier molecular flexibility index (Phi) is 8.70. The second kappa shape index (κ2) is 10.5. The molecule has 10 heteroatoms. The Balaban J connectivity index is 0.000000412. The van der Waals surface area contributed by atoms with Crippen molar-refractivity contribution in [2.75, 3.05) is 44.3 Å². The lowest BCUT2D eigenvalue weighted by Gasteiger charge is -2.29. The maximum atomic E-state index is 11.2. The summed E-state index contributed by atoms with van der Waals surface area (Å²) in [6.45, 7) is 6.08. The van der Waals surface area contributed by atoms with Crippen molar-refractivity contribution in [2.24, 2.45) is 0 Å². The number of carbonyl (C=O) groups excluding carboxylic acids is 1. The van der Waals surface area contributed by atoms with Crippen LogP contribution in [0.15, 0.2) is 24.3 Å². The highest BCUT2D eigenvalue weighted by molar-refractivity contribution is 5.73. The van der Waals surface area contributed by atoms with E-state index < -0.39 is 12.1 Å². The Bertz CT molecular complexity index is 589. The van der Waals surface area contributed by atoms with E-state index in [1.54, 1.807) is 6.92 Å². The molecule has 7 nitrogen and oxygen atoms in total. The third kappa shape index (κ3) is 8.06. The third-order valence-corrected chi connectivity index (χ3v) is 3.20. The fourth-order valence-corrected chi connectivity index (χ4v) is 2.04. The van der Waals surface area contributed by atoms with Crippen LogP contribution in [0.2, 0.25) is 0 Å². The Morgan fingerprint density at radius 2 is 1.88 bits per heavy atom. The van der Waals surface area contributed by atoms with Gasteiger partial charge in [-0.05, 0) is 19.1 Å². The predicted molar refractivity (Wildman–Crippen MR) is 87.3 cm³/mol. The fourth-order valence-electron chi connectivity index (χ4n) is 2.04. The van der Waals surface area contributed by atoms with E-state index in [1.165, 1.54) is 0 Å². The third-order valence-electron chi connectivity index (χ3n) is 3.20. The first-order valence-corrected chi connectivity index (χ1v) is 7.88. The van der Waals surface area contributed by atoms with Gasteiger partial charge in [-0.15, -0.1) is 0 Å². The number of hydrogen-bond acceptors (Lipinski definition) is 6. The Morgan fingerprint density at radius 3 is 2.42 bits per heavy atom. The van der Waals surface area contributed by atoms with Gasteiger partial charge >= 0.3 is 18.1 Å². The highest BCUT2D eigenvalue weighted by atomic mass is 19.4. The number of ether oxygens (including phenoxy) is 2. The maximum absolute atomic E-state index is 11.2. The van der Waals surface area contributed by atoms with Crippen LogP contribution in [0.1, 0.15) is 6.92 Å². The molecule has 0 spiro atoms. The molecule has 1 aromatic rings. The van der Waals surface area contributed by atoms with Crippen LogP contribution in [-0.2, 0) is 14.3 Å². The maximum Gasteiger partial charge on any atom is 0.490 e. The van der Waals surface area contributed by atoms with Crippen LogP contribution in [0.25, 0.3) is 0 Å². The molecule has 146 valence electrons. The number of anilines is 1. The van der Waals surface area contributed by atoms with Crippen LogP contribution in [0.4, 0.5) is 18.9 Å². The molecular weight excluding hydrogens is 357 g/mol. The van der Waals surface area contributed by atoms with Crippen molar-refractivity contribution < 1.29 is 37.3 Å². The second-order valence-electron chi connectivity index (χ2n) is 5.13. The summed E-state index contributed by atoms with van der Waals surface area (Å²) in [5, 5.41) is 10.4. The van der Waals surface area contributed by atoms with Gasteiger partial charge in [0.1, 0.15) is 5.75 Å². The number of esters is 1. The number of aliphatic carboxylic acids is 1. The van der Waals surface area contributed by atoms with E-state index in [0.717, 1.165) is 31.9 Å². The van der Waals surface area contributed by atoms with Crippen LogP contribution < -0.4 is 15.0 Å². The highest BCUT2D eigenvalue weighted by Crippen LogP contribution is 2.21. The number of carbonyl (C=O) groups is 2. The predicted octanol–water partition coefficient (Wildman–Crippen LogP) is 1.67. The normalized spacial score (nSPS) is 14.1. The number of hydrogen-bond donors (Lipinski definition) is 2. The van der Waals surface area contributed by atoms with Gasteiger partial charge in [0.2, 0.25) is 0 Å². The minimum Gasteiger partial charge on any atom is -0.482 e. The van der Waals surface area contributed by atoms with E-state index in [1.807, 2.05) is 18.2 Å². The number of benzene rings is 1. The second-order valence-corrected chi connectivity index (χ2v) is 5.13. The zero-order valence-corrected chi connectivity index (χ0v) is 14.2. The summed E-state index contributed by atoms with van der Waals surface area (Å²) in [6, 6.07) is 7.82. The van der Waals surface area contributed by atoms with E-state index in [2.05, 4.69) is 16.3 Å². The van der Waals surface area contributed by atoms with Crippen molar-refractivity contribution in [1.82, 2.24) is 5.32 Å². The number of piperazine rings is 1. The SMILES string of the molecule is CCOC(=O)COc1cccc(N2CCNCC2)c1.O=C(O)C(F)(F)F. The van der Waals surface area contributed by atoms with Gasteiger partial charge in [-0.3, -0.25) is 0 Å². The smallest absolute Gasteiger partial charge is 0.482 e. The summed E-state index contributed by atoms with van der Waals surface area (Å²) < 4.78 is 42.0. The van der Waals surface area contributed by atoms with Crippen LogP contribution in [0.5, 0.6) is 5.75 Å². The van der Waals surface area contributed by atoms with Crippen molar-refractivity contribution in [3.63, 3.8) is 0 Å². The lowest BCUT2D eigenvalue weighted by molar-refractivity contribution is -0.192. The first-order valence-electron chi connectivity index (χ1n) is 7.88. The molecule has 1 aliphatic rings. The number of nitrogens with one attached hydrogen (secondary N) is 1. The molecule has 1 fully saturated rings. The summed E-state index contributed by atoms with van der Waals surface area (Å²) in [6.07, 6.45) is -5.08. The average Bonchev–Trinajstić information content (AvgIpc) is 2.61. The summed E-state index contributed by atoms with van der Waals surface area (Å²) in [4.78, 5) is 22.4. The van der Waals surface area contributed by atoms with Crippen LogP contribution in [0, 0.1) is 0 Å². The molecule has 0 radical (unpaired) electrons. The molecule has 26 heavy (non-hydrogen) atoms. The lowest BCUT2D eigenvalue weighted by Crippen LogP contribution is -2.43. The number of alkyl halides is 3. The first kappa shape index (κ1) is 21.6. The van der Waals surface area contributed by atoms with Gasteiger partial charge in [0, 0.05) is 37.9 Å². The van der Waals surface area contributed by atoms with Crippen molar-refractivity contribution in [1.29, 1.82) is 0 Å².